The summed E-state index contributed by atoms with van der Waals surface area (Å²) in [6, 6.07) is 4.89. The van der Waals surface area contributed by atoms with Crippen LogP contribution in [0.2, 0.25) is 0 Å². The molecule has 0 aliphatic carbocycles. The first-order valence-corrected chi connectivity index (χ1v) is 9.11. The van der Waals surface area contributed by atoms with Crippen molar-refractivity contribution in [3.63, 3.8) is 0 Å². The fourth-order valence-corrected chi connectivity index (χ4v) is 4.47. The molecule has 9 heteroatoms. The lowest BCUT2D eigenvalue weighted by Crippen LogP contribution is -2.14. The highest BCUT2D eigenvalue weighted by Crippen LogP contribution is 2.22. The smallest absolute Gasteiger partial charge is 0.285 e. The number of aromatic nitrogens is 1. The van der Waals surface area contributed by atoms with E-state index in [4.69, 9.17) is 0 Å². The maximum Gasteiger partial charge on any atom is 0.285 e. The monoisotopic (exact) mass is 355 g/mol. The van der Waals surface area contributed by atoms with Crippen LogP contribution in [0.15, 0.2) is 33.6 Å². The van der Waals surface area contributed by atoms with Gasteiger partial charge >= 0.3 is 0 Å². The van der Waals surface area contributed by atoms with Crippen molar-refractivity contribution in [2.24, 2.45) is 11.4 Å². The molecular weight excluding hydrogens is 338 g/mol. The van der Waals surface area contributed by atoms with Crippen LogP contribution in [0.4, 0.5) is 5.69 Å². The third-order valence-corrected chi connectivity index (χ3v) is 6.31. The maximum absolute atomic E-state index is 12.4. The van der Waals surface area contributed by atoms with Gasteiger partial charge in [-0.15, -0.1) is 15.7 Å². The fraction of sp³-hybridized carbons (Fsp3) is 0.357. The van der Waals surface area contributed by atoms with E-state index in [0.717, 1.165) is 16.6 Å². The van der Waals surface area contributed by atoms with E-state index >= 15 is 0 Å². The first kappa shape index (κ1) is 17.4. The largest absolute Gasteiger partial charge is 0.323 e. The first-order chi connectivity index (χ1) is 10.6. The second-order valence-corrected chi connectivity index (χ2v) is 7.98. The van der Waals surface area contributed by atoms with E-state index in [1.165, 1.54) is 29.5 Å². The van der Waals surface area contributed by atoms with Crippen LogP contribution in [-0.2, 0) is 17.1 Å². The van der Waals surface area contributed by atoms with Gasteiger partial charge in [0.2, 0.25) is 4.80 Å². The van der Waals surface area contributed by atoms with Crippen LogP contribution in [0, 0.1) is 17.0 Å². The lowest BCUT2D eigenvalue weighted by Gasteiger charge is -2.02. The van der Waals surface area contributed by atoms with Crippen molar-refractivity contribution >= 4 is 27.0 Å². The Morgan fingerprint density at radius 3 is 2.52 bits per heavy atom. The average molecular weight is 355 g/mol. The van der Waals surface area contributed by atoms with Gasteiger partial charge in [0.15, 0.2) is 0 Å². The van der Waals surface area contributed by atoms with Crippen LogP contribution in [0.1, 0.15) is 30.3 Å². The molecule has 0 saturated carbocycles. The summed E-state index contributed by atoms with van der Waals surface area (Å²) in [4.78, 5) is 11.4. The molecule has 0 saturated heterocycles. The Morgan fingerprint density at radius 2 is 2.00 bits per heavy atom. The molecule has 0 spiro atoms. The number of thiazole rings is 1. The van der Waals surface area contributed by atoms with Gasteiger partial charge in [-0.1, -0.05) is 19.9 Å². The van der Waals surface area contributed by atoms with Crippen molar-refractivity contribution < 1.29 is 13.3 Å². The van der Waals surface area contributed by atoms with Gasteiger partial charge in [0.05, 0.1) is 9.82 Å². The van der Waals surface area contributed by atoms with Gasteiger partial charge in [0.25, 0.3) is 15.7 Å². The number of benzene rings is 1. The summed E-state index contributed by atoms with van der Waals surface area (Å²) in [5, 5.41) is 10.8. The highest BCUT2D eigenvalue weighted by molar-refractivity contribution is 7.90. The summed E-state index contributed by atoms with van der Waals surface area (Å²) in [7, 11) is -2.26. The summed E-state index contributed by atoms with van der Waals surface area (Å²) in [5.74, 6) is 0.260. The van der Waals surface area contributed by atoms with Crippen LogP contribution < -0.4 is 4.80 Å². The van der Waals surface area contributed by atoms with E-state index in [1.54, 1.807) is 11.6 Å². The molecule has 0 aliphatic heterocycles. The van der Waals surface area contributed by atoms with Crippen molar-refractivity contribution in [1.82, 2.24) is 4.57 Å². The summed E-state index contributed by atoms with van der Waals surface area (Å²) < 4.78 is 30.4. The second kappa shape index (κ2) is 6.25. The molecule has 1 aromatic carbocycles. The van der Waals surface area contributed by atoms with E-state index in [-0.39, 0.29) is 16.5 Å². The number of sulfonamides is 1. The van der Waals surface area contributed by atoms with Crippen LogP contribution in [-0.4, -0.2) is 17.9 Å². The molecule has 0 amide bonds. The standard InChI is InChI=1S/C14H17N3O4S2/c1-9(2)13-10(3)16(4)14(22-13)15-23(20,21)12-7-5-6-11(8-12)17(18)19/h5-9H,1-4H3. The number of nitrogens with zero attached hydrogens (tertiary/aromatic N) is 3. The number of hydrogen-bond acceptors (Lipinski definition) is 5. The minimum absolute atomic E-state index is 0.191. The molecule has 124 valence electrons. The highest BCUT2D eigenvalue weighted by Gasteiger charge is 2.18. The molecule has 0 aliphatic rings. The molecule has 1 aromatic heterocycles. The zero-order valence-electron chi connectivity index (χ0n) is 13.2. The van der Waals surface area contributed by atoms with E-state index in [0.29, 0.717) is 4.80 Å². The Kier molecular flexibility index (Phi) is 4.71. The van der Waals surface area contributed by atoms with Crippen LogP contribution in [0.25, 0.3) is 0 Å². The number of nitro benzene ring substituents is 1. The third kappa shape index (κ3) is 3.50. The molecule has 0 bridgehead atoms. The zero-order chi connectivity index (χ0) is 17.4. The SMILES string of the molecule is Cc1c(C(C)C)sc(=NS(=O)(=O)c2cccc([N+](=O)[O-])c2)n1C. The Hall–Kier alpha value is -2.00. The Labute approximate surface area is 138 Å². The van der Waals surface area contributed by atoms with Gasteiger partial charge in [-0.2, -0.15) is 8.42 Å². The highest BCUT2D eigenvalue weighted by atomic mass is 32.2. The molecule has 2 rings (SSSR count). The van der Waals surface area contributed by atoms with Gasteiger partial charge < -0.3 is 4.57 Å². The summed E-state index contributed by atoms with van der Waals surface area (Å²) >= 11 is 1.31. The summed E-state index contributed by atoms with van der Waals surface area (Å²) in [5.41, 5.74) is 0.675. The van der Waals surface area contributed by atoms with Gasteiger partial charge in [0, 0.05) is 29.8 Å². The van der Waals surface area contributed by atoms with Crippen molar-refractivity contribution in [3.8, 4) is 0 Å². The van der Waals surface area contributed by atoms with E-state index in [9.17, 15) is 18.5 Å². The number of nitro groups is 1. The minimum atomic E-state index is -4.01. The Balaban J connectivity index is 2.60. The minimum Gasteiger partial charge on any atom is -0.323 e. The predicted octanol–water partition coefficient (Wildman–Crippen LogP) is 2.72. The number of non-ortho nitro benzene ring substituents is 1. The third-order valence-electron chi connectivity index (χ3n) is 3.40. The van der Waals surface area contributed by atoms with Crippen molar-refractivity contribution in [2.75, 3.05) is 0 Å². The normalized spacial score (nSPS) is 12.8. The molecule has 0 atom stereocenters. The predicted molar refractivity (Wildman–Crippen MR) is 88.0 cm³/mol. The van der Waals surface area contributed by atoms with Gasteiger partial charge in [0.1, 0.15) is 0 Å². The van der Waals surface area contributed by atoms with Crippen molar-refractivity contribution in [1.29, 1.82) is 0 Å². The van der Waals surface area contributed by atoms with Crippen molar-refractivity contribution in [3.05, 3.63) is 49.8 Å². The summed E-state index contributed by atoms with van der Waals surface area (Å²) in [6.45, 7) is 5.96. The molecule has 7 nitrogen and oxygen atoms in total. The molecule has 1 heterocycles. The van der Waals surface area contributed by atoms with E-state index in [1.807, 2.05) is 20.8 Å². The molecule has 0 N–H and O–H groups in total. The fourth-order valence-electron chi connectivity index (χ4n) is 2.08. The molecule has 0 unspecified atom stereocenters. The maximum atomic E-state index is 12.4. The molecule has 0 radical (unpaired) electrons. The van der Waals surface area contributed by atoms with E-state index < -0.39 is 14.9 Å². The van der Waals surface area contributed by atoms with Gasteiger partial charge in [-0.25, -0.2) is 0 Å². The van der Waals surface area contributed by atoms with Crippen LogP contribution >= 0.6 is 11.3 Å². The zero-order valence-corrected chi connectivity index (χ0v) is 14.8. The molecular formula is C14H17N3O4S2. The number of rotatable bonds is 4. The van der Waals surface area contributed by atoms with E-state index in [2.05, 4.69) is 4.40 Å². The second-order valence-electron chi connectivity index (χ2n) is 5.37. The molecule has 23 heavy (non-hydrogen) atoms. The topological polar surface area (TPSA) is 94.6 Å². The van der Waals surface area contributed by atoms with Gasteiger partial charge in [-0.3, -0.25) is 10.1 Å². The van der Waals surface area contributed by atoms with Crippen LogP contribution in [0.5, 0.6) is 0 Å². The lowest BCUT2D eigenvalue weighted by molar-refractivity contribution is -0.385. The van der Waals surface area contributed by atoms with Gasteiger partial charge in [-0.05, 0) is 18.9 Å². The Bertz CT molecular complexity index is 924. The average Bonchev–Trinajstić information content (AvgIpc) is 2.75. The van der Waals surface area contributed by atoms with Crippen molar-refractivity contribution in [2.45, 2.75) is 31.6 Å². The molecule has 0 fully saturated rings. The lowest BCUT2D eigenvalue weighted by atomic mass is 10.1. The Morgan fingerprint density at radius 1 is 1.35 bits per heavy atom. The quantitative estimate of drug-likeness (QED) is 0.622. The first-order valence-electron chi connectivity index (χ1n) is 6.85. The van der Waals surface area contributed by atoms with Crippen LogP contribution in [0.3, 0.4) is 0 Å². The molecule has 2 aromatic rings. The number of hydrogen-bond donors (Lipinski definition) is 0. The summed E-state index contributed by atoms with van der Waals surface area (Å²) in [6.07, 6.45) is 0.